The molecule has 178 valence electrons. The van der Waals surface area contributed by atoms with Gasteiger partial charge < -0.3 is 16.0 Å². The van der Waals surface area contributed by atoms with Gasteiger partial charge in [-0.05, 0) is 41.9 Å². The van der Waals surface area contributed by atoms with E-state index < -0.39 is 17.2 Å². The molecule has 1 aliphatic rings. The number of rotatable bonds is 6. The predicted molar refractivity (Wildman–Crippen MR) is 133 cm³/mol. The Balaban J connectivity index is 1.21. The van der Waals surface area contributed by atoms with Crippen LogP contribution in [-0.4, -0.2) is 31.7 Å². The zero-order valence-electron chi connectivity index (χ0n) is 19.0. The number of nitrogens with one attached hydrogen (secondary N) is 3. The van der Waals surface area contributed by atoms with E-state index in [-0.39, 0.29) is 17.4 Å². The summed E-state index contributed by atoms with van der Waals surface area (Å²) in [6, 6.07) is 18.6. The minimum atomic E-state index is -0.770. The number of anilines is 1. The van der Waals surface area contributed by atoms with Crippen molar-refractivity contribution in [2.24, 2.45) is 0 Å². The summed E-state index contributed by atoms with van der Waals surface area (Å²) < 4.78 is 1.93. The fourth-order valence-electron chi connectivity index (χ4n) is 4.67. The van der Waals surface area contributed by atoms with Crippen molar-refractivity contribution in [3.63, 3.8) is 0 Å². The molecule has 2 atom stereocenters. The lowest BCUT2D eigenvalue weighted by atomic mass is 9.95. The molecule has 0 aliphatic heterocycles. The maximum atomic E-state index is 12.6. The lowest BCUT2D eigenvalue weighted by Gasteiger charge is -2.14. The number of hydrogen-bond acceptors (Lipinski definition) is 5. The van der Waals surface area contributed by atoms with Crippen LogP contribution in [0.4, 0.5) is 5.69 Å². The van der Waals surface area contributed by atoms with Gasteiger partial charge in [0.25, 0.3) is 11.5 Å². The van der Waals surface area contributed by atoms with E-state index in [1.807, 2.05) is 40.3 Å². The SMILES string of the molecule is Nc1c(C(=O)N[C@H]2CC[C@@H](c3ccc(-c4cnn(Cc5ccccc5)c4)cc3)C2)[nH]c(=O)[nH]c1=O. The number of hydrogen-bond donors (Lipinski definition) is 4. The van der Waals surface area contributed by atoms with Gasteiger partial charge in [0.15, 0.2) is 0 Å². The summed E-state index contributed by atoms with van der Waals surface area (Å²) in [6.45, 7) is 0.727. The highest BCUT2D eigenvalue weighted by Crippen LogP contribution is 2.35. The molecule has 9 heteroatoms. The Morgan fingerprint density at radius 3 is 2.57 bits per heavy atom. The first-order valence-corrected chi connectivity index (χ1v) is 11.6. The maximum Gasteiger partial charge on any atom is 0.326 e. The highest BCUT2D eigenvalue weighted by Gasteiger charge is 2.28. The number of aromatic amines is 2. The van der Waals surface area contributed by atoms with E-state index in [0.29, 0.717) is 5.92 Å². The van der Waals surface area contributed by atoms with Crippen molar-refractivity contribution in [1.29, 1.82) is 0 Å². The van der Waals surface area contributed by atoms with Gasteiger partial charge in [-0.1, -0.05) is 54.6 Å². The number of aromatic nitrogens is 4. The van der Waals surface area contributed by atoms with Crippen LogP contribution in [-0.2, 0) is 6.54 Å². The maximum absolute atomic E-state index is 12.6. The van der Waals surface area contributed by atoms with Gasteiger partial charge in [0.2, 0.25) is 0 Å². The van der Waals surface area contributed by atoms with Crippen molar-refractivity contribution < 1.29 is 4.79 Å². The number of amides is 1. The van der Waals surface area contributed by atoms with Crippen LogP contribution in [0.1, 0.15) is 46.8 Å². The molecule has 35 heavy (non-hydrogen) atoms. The lowest BCUT2D eigenvalue weighted by Crippen LogP contribution is -2.37. The average Bonchev–Trinajstić information content (AvgIpc) is 3.52. The van der Waals surface area contributed by atoms with Crippen LogP contribution >= 0.6 is 0 Å². The predicted octanol–water partition coefficient (Wildman–Crippen LogP) is 2.62. The molecule has 9 nitrogen and oxygen atoms in total. The second-order valence-corrected chi connectivity index (χ2v) is 8.91. The third-order valence-electron chi connectivity index (χ3n) is 6.51. The molecule has 0 bridgehead atoms. The summed E-state index contributed by atoms with van der Waals surface area (Å²) in [6.07, 6.45) is 6.43. The van der Waals surface area contributed by atoms with Gasteiger partial charge in [0, 0.05) is 17.8 Å². The zero-order chi connectivity index (χ0) is 24.4. The smallest absolute Gasteiger partial charge is 0.326 e. The average molecular weight is 471 g/mol. The van der Waals surface area contributed by atoms with E-state index in [2.05, 4.69) is 51.8 Å². The molecule has 1 amide bonds. The van der Waals surface area contributed by atoms with Crippen molar-refractivity contribution in [3.05, 3.63) is 105 Å². The Morgan fingerprint density at radius 2 is 1.80 bits per heavy atom. The largest absolute Gasteiger partial charge is 0.392 e. The standard InChI is InChI=1S/C26H26N6O3/c27-22-23(30-26(35)31-24(22)33)25(34)29-21-11-10-19(12-21)17-6-8-18(9-7-17)20-13-28-32(15-20)14-16-4-2-1-3-5-16/h1-9,13,15,19,21H,10-12,14,27H2,(H,29,34)(H2,30,31,33,35)/t19-,21+/m1/s1. The van der Waals surface area contributed by atoms with E-state index in [9.17, 15) is 14.4 Å². The highest BCUT2D eigenvalue weighted by molar-refractivity contribution is 5.97. The molecule has 0 unspecified atom stereocenters. The first kappa shape index (κ1) is 22.4. The Morgan fingerprint density at radius 1 is 1.03 bits per heavy atom. The van der Waals surface area contributed by atoms with Crippen LogP contribution in [0.25, 0.3) is 11.1 Å². The number of nitrogens with zero attached hydrogens (tertiary/aromatic N) is 2. The molecule has 2 aromatic heterocycles. The minimum Gasteiger partial charge on any atom is -0.392 e. The number of H-pyrrole nitrogens is 2. The van der Waals surface area contributed by atoms with Gasteiger partial charge in [-0.15, -0.1) is 0 Å². The molecule has 1 saturated carbocycles. The number of carbonyl (C=O) groups excluding carboxylic acids is 1. The quantitative estimate of drug-likeness (QED) is 0.343. The zero-order valence-corrected chi connectivity index (χ0v) is 19.0. The summed E-state index contributed by atoms with van der Waals surface area (Å²) in [5.74, 6) is -0.232. The second kappa shape index (κ2) is 9.46. The molecule has 2 heterocycles. The van der Waals surface area contributed by atoms with Crippen LogP contribution in [0.3, 0.4) is 0 Å². The van der Waals surface area contributed by atoms with E-state index in [1.54, 1.807) is 0 Å². The molecule has 0 saturated heterocycles. The van der Waals surface area contributed by atoms with Crippen LogP contribution in [0.15, 0.2) is 76.6 Å². The molecular weight excluding hydrogens is 444 g/mol. The Hall–Kier alpha value is -4.40. The molecule has 1 aliphatic carbocycles. The minimum absolute atomic E-state index is 0.0643. The van der Waals surface area contributed by atoms with Crippen molar-refractivity contribution in [2.45, 2.75) is 37.8 Å². The van der Waals surface area contributed by atoms with Gasteiger partial charge in [-0.25, -0.2) is 4.79 Å². The fourth-order valence-corrected chi connectivity index (χ4v) is 4.67. The Kier molecular flexibility index (Phi) is 6.05. The highest BCUT2D eigenvalue weighted by atomic mass is 16.2. The van der Waals surface area contributed by atoms with Crippen LogP contribution in [0, 0.1) is 0 Å². The monoisotopic (exact) mass is 470 g/mol. The first-order valence-electron chi connectivity index (χ1n) is 11.6. The van der Waals surface area contributed by atoms with Gasteiger partial charge in [0.1, 0.15) is 11.4 Å². The van der Waals surface area contributed by atoms with Crippen molar-refractivity contribution in [3.8, 4) is 11.1 Å². The number of carbonyl (C=O) groups is 1. The molecule has 5 rings (SSSR count). The molecule has 1 fully saturated rings. The van der Waals surface area contributed by atoms with E-state index in [4.69, 9.17) is 5.73 Å². The van der Waals surface area contributed by atoms with E-state index in [0.717, 1.165) is 36.9 Å². The third-order valence-corrected chi connectivity index (χ3v) is 6.51. The normalized spacial score (nSPS) is 17.4. The molecule has 0 spiro atoms. The van der Waals surface area contributed by atoms with Crippen molar-refractivity contribution >= 4 is 11.6 Å². The van der Waals surface area contributed by atoms with Crippen molar-refractivity contribution in [2.75, 3.05) is 5.73 Å². The van der Waals surface area contributed by atoms with Crippen molar-refractivity contribution in [1.82, 2.24) is 25.1 Å². The first-order chi connectivity index (χ1) is 17.0. The van der Waals surface area contributed by atoms with Gasteiger partial charge in [-0.3, -0.25) is 19.3 Å². The summed E-state index contributed by atoms with van der Waals surface area (Å²) in [7, 11) is 0. The Labute approximate surface area is 201 Å². The summed E-state index contributed by atoms with van der Waals surface area (Å²) >= 11 is 0. The van der Waals surface area contributed by atoms with E-state index in [1.165, 1.54) is 11.1 Å². The van der Waals surface area contributed by atoms with Gasteiger partial charge >= 0.3 is 5.69 Å². The lowest BCUT2D eigenvalue weighted by molar-refractivity contribution is 0.0933. The summed E-state index contributed by atoms with van der Waals surface area (Å²) in [5, 5.41) is 7.39. The molecule has 5 N–H and O–H groups in total. The fraction of sp³-hybridized carbons (Fsp3) is 0.231. The number of nitrogen functional groups attached to an aromatic ring is 1. The van der Waals surface area contributed by atoms with Crippen LogP contribution in [0.5, 0.6) is 0 Å². The summed E-state index contributed by atoms with van der Waals surface area (Å²) in [5.41, 5.74) is 8.23. The molecule has 0 radical (unpaired) electrons. The Bertz CT molecular complexity index is 1450. The van der Waals surface area contributed by atoms with Crippen LogP contribution < -0.4 is 22.3 Å². The summed E-state index contributed by atoms with van der Waals surface area (Å²) in [4.78, 5) is 40.1. The molecular formula is C26H26N6O3. The molecule has 2 aromatic carbocycles. The second-order valence-electron chi connectivity index (χ2n) is 8.91. The van der Waals surface area contributed by atoms with E-state index >= 15 is 0 Å². The van der Waals surface area contributed by atoms with Gasteiger partial charge in [-0.2, -0.15) is 5.10 Å². The molecule has 4 aromatic rings. The number of nitrogens with two attached hydrogens (primary N) is 1. The number of benzene rings is 2. The third kappa shape index (κ3) is 4.93. The van der Waals surface area contributed by atoms with Gasteiger partial charge in [0.05, 0.1) is 12.7 Å². The topological polar surface area (TPSA) is 139 Å². The van der Waals surface area contributed by atoms with Crippen LogP contribution in [0.2, 0.25) is 0 Å².